The second-order valence-electron chi connectivity index (χ2n) is 2.16. The zero-order valence-electron chi connectivity index (χ0n) is 5.08. The molecule has 52 valence electrons. The Kier molecular flexibility index (Phi) is 2.00. The summed E-state index contributed by atoms with van der Waals surface area (Å²) in [6.45, 7) is 0.983. The fourth-order valence-electron chi connectivity index (χ4n) is 0.890. The zero-order valence-corrected chi connectivity index (χ0v) is 5.08. The Morgan fingerprint density at radius 3 is 2.78 bits per heavy atom. The number of rotatable bonds is 1. The lowest BCUT2D eigenvalue weighted by atomic mass is 10.1. The molecule has 1 saturated heterocycles. The second kappa shape index (κ2) is 2.77. The van der Waals surface area contributed by atoms with Crippen molar-refractivity contribution in [2.24, 2.45) is 0 Å². The summed E-state index contributed by atoms with van der Waals surface area (Å²) in [7, 11) is 0. The smallest absolute Gasteiger partial charge is 0.236 e. The highest BCUT2D eigenvalue weighted by Gasteiger charge is 2.22. The van der Waals surface area contributed by atoms with E-state index in [1.54, 1.807) is 0 Å². The summed E-state index contributed by atoms with van der Waals surface area (Å²) in [5, 5.41) is 10.1. The minimum atomic E-state index is -0.446. The van der Waals surface area contributed by atoms with Gasteiger partial charge >= 0.3 is 0 Å². The largest absolute Gasteiger partial charge is 0.374 e. The zero-order chi connectivity index (χ0) is 6.69. The molecule has 0 aromatic rings. The van der Waals surface area contributed by atoms with Crippen molar-refractivity contribution in [2.75, 3.05) is 13.2 Å². The van der Waals surface area contributed by atoms with Crippen LogP contribution in [0.25, 0.3) is 0 Å². The Morgan fingerprint density at radius 1 is 1.67 bits per heavy atom. The van der Waals surface area contributed by atoms with Gasteiger partial charge in [0.1, 0.15) is 6.61 Å². The maximum absolute atomic E-state index is 10.1. The lowest BCUT2D eigenvalue weighted by Crippen LogP contribution is -2.29. The predicted octanol–water partition coefficient (Wildman–Crippen LogP) is 0.442. The van der Waals surface area contributed by atoms with Crippen LogP contribution in [0.1, 0.15) is 12.8 Å². The molecule has 0 radical (unpaired) electrons. The van der Waals surface area contributed by atoms with Gasteiger partial charge in [-0.05, 0) is 6.42 Å². The van der Waals surface area contributed by atoms with E-state index in [-0.39, 0.29) is 4.92 Å². The molecule has 1 aliphatic rings. The highest BCUT2D eigenvalue weighted by molar-refractivity contribution is 4.59. The third kappa shape index (κ3) is 1.64. The lowest BCUT2D eigenvalue weighted by Gasteiger charge is -2.14. The first-order chi connectivity index (χ1) is 4.30. The number of nitro groups is 1. The molecule has 0 aliphatic carbocycles. The van der Waals surface area contributed by atoms with Crippen LogP contribution in [-0.2, 0) is 4.74 Å². The lowest BCUT2D eigenvalue weighted by molar-refractivity contribution is -0.530. The van der Waals surface area contributed by atoms with Crippen LogP contribution in [0.4, 0.5) is 0 Å². The fraction of sp³-hybridized carbons (Fsp3) is 1.00. The van der Waals surface area contributed by atoms with E-state index in [9.17, 15) is 10.1 Å². The van der Waals surface area contributed by atoms with Crippen LogP contribution in [0.5, 0.6) is 0 Å². The van der Waals surface area contributed by atoms with Gasteiger partial charge in [-0.3, -0.25) is 10.1 Å². The summed E-state index contributed by atoms with van der Waals surface area (Å²) in [6.07, 6.45) is 1.50. The summed E-state index contributed by atoms with van der Waals surface area (Å²) in [6, 6.07) is -0.446. The maximum Gasteiger partial charge on any atom is 0.236 e. The molecule has 4 nitrogen and oxygen atoms in total. The van der Waals surface area contributed by atoms with Crippen molar-refractivity contribution in [3.8, 4) is 0 Å². The average Bonchev–Trinajstić information content (AvgIpc) is 1.90. The molecular weight excluding hydrogens is 122 g/mol. The molecular formula is C5H9NO3. The first-order valence-corrected chi connectivity index (χ1v) is 3.02. The molecule has 4 heteroatoms. The van der Waals surface area contributed by atoms with E-state index in [4.69, 9.17) is 4.74 Å². The number of ether oxygens (including phenoxy) is 1. The Bertz CT molecular complexity index is 109. The average molecular weight is 131 g/mol. The van der Waals surface area contributed by atoms with Crippen molar-refractivity contribution >= 4 is 0 Å². The van der Waals surface area contributed by atoms with Crippen LogP contribution in [0.2, 0.25) is 0 Å². The van der Waals surface area contributed by atoms with E-state index < -0.39 is 6.04 Å². The Labute approximate surface area is 53.0 Å². The molecule has 0 bridgehead atoms. The Hall–Kier alpha value is -0.640. The van der Waals surface area contributed by atoms with Crippen LogP contribution >= 0.6 is 0 Å². The Morgan fingerprint density at radius 2 is 2.44 bits per heavy atom. The summed E-state index contributed by atoms with van der Waals surface area (Å²) >= 11 is 0. The summed E-state index contributed by atoms with van der Waals surface area (Å²) < 4.78 is 4.90. The highest BCUT2D eigenvalue weighted by Crippen LogP contribution is 2.07. The summed E-state index contributed by atoms with van der Waals surface area (Å²) in [4.78, 5) is 9.82. The van der Waals surface area contributed by atoms with Gasteiger partial charge in [-0.1, -0.05) is 0 Å². The Balaban J connectivity index is 2.31. The number of hydrogen-bond donors (Lipinski definition) is 0. The van der Waals surface area contributed by atoms with Gasteiger partial charge in [0.05, 0.1) is 0 Å². The molecule has 0 amide bonds. The summed E-state index contributed by atoms with van der Waals surface area (Å²) in [5.41, 5.74) is 0. The van der Waals surface area contributed by atoms with Crippen LogP contribution in [0.3, 0.4) is 0 Å². The van der Waals surface area contributed by atoms with E-state index in [0.29, 0.717) is 19.6 Å². The minimum Gasteiger partial charge on any atom is -0.374 e. The van der Waals surface area contributed by atoms with Crippen molar-refractivity contribution in [1.82, 2.24) is 0 Å². The van der Waals surface area contributed by atoms with Gasteiger partial charge in [0.15, 0.2) is 0 Å². The molecule has 0 N–H and O–H groups in total. The van der Waals surface area contributed by atoms with Crippen LogP contribution in [-0.4, -0.2) is 24.2 Å². The van der Waals surface area contributed by atoms with E-state index in [2.05, 4.69) is 0 Å². The van der Waals surface area contributed by atoms with Crippen LogP contribution in [0, 0.1) is 10.1 Å². The van der Waals surface area contributed by atoms with Gasteiger partial charge in [-0.2, -0.15) is 0 Å². The van der Waals surface area contributed by atoms with Crippen LogP contribution in [0.15, 0.2) is 0 Å². The standard InChI is InChI=1S/C5H9NO3/c7-6(8)5-2-1-3-9-4-5/h5H,1-4H2. The SMILES string of the molecule is O=[N+]([O-])C1CCCOC1. The van der Waals surface area contributed by atoms with Crippen molar-refractivity contribution in [3.63, 3.8) is 0 Å². The molecule has 0 aromatic carbocycles. The van der Waals surface area contributed by atoms with Gasteiger partial charge < -0.3 is 4.74 Å². The molecule has 1 unspecified atom stereocenters. The van der Waals surface area contributed by atoms with Crippen molar-refractivity contribution in [1.29, 1.82) is 0 Å². The molecule has 1 heterocycles. The first kappa shape index (κ1) is 6.48. The molecule has 1 aliphatic heterocycles. The topological polar surface area (TPSA) is 52.4 Å². The third-order valence-corrected chi connectivity index (χ3v) is 1.43. The van der Waals surface area contributed by atoms with Gasteiger partial charge in [0.2, 0.25) is 6.04 Å². The van der Waals surface area contributed by atoms with E-state index in [1.165, 1.54) is 0 Å². The second-order valence-corrected chi connectivity index (χ2v) is 2.16. The van der Waals surface area contributed by atoms with Crippen molar-refractivity contribution in [2.45, 2.75) is 18.9 Å². The van der Waals surface area contributed by atoms with Crippen molar-refractivity contribution in [3.05, 3.63) is 10.1 Å². The quantitative estimate of drug-likeness (QED) is 0.383. The molecule has 1 rings (SSSR count). The van der Waals surface area contributed by atoms with E-state index in [1.807, 2.05) is 0 Å². The summed E-state index contributed by atoms with van der Waals surface area (Å²) in [5.74, 6) is 0. The predicted molar refractivity (Wildman–Crippen MR) is 30.8 cm³/mol. The molecule has 0 spiro atoms. The highest BCUT2D eigenvalue weighted by atomic mass is 16.6. The van der Waals surface area contributed by atoms with E-state index >= 15 is 0 Å². The van der Waals surface area contributed by atoms with Gasteiger partial charge in [0.25, 0.3) is 0 Å². The number of hydrogen-bond acceptors (Lipinski definition) is 3. The molecule has 1 fully saturated rings. The third-order valence-electron chi connectivity index (χ3n) is 1.43. The van der Waals surface area contributed by atoms with Crippen molar-refractivity contribution < 1.29 is 9.66 Å². The maximum atomic E-state index is 10.1. The van der Waals surface area contributed by atoms with Gasteiger partial charge in [-0.15, -0.1) is 0 Å². The van der Waals surface area contributed by atoms with Gasteiger partial charge in [-0.25, -0.2) is 0 Å². The molecule has 9 heavy (non-hydrogen) atoms. The normalized spacial score (nSPS) is 27.8. The first-order valence-electron chi connectivity index (χ1n) is 3.02. The minimum absolute atomic E-state index is 0.265. The monoisotopic (exact) mass is 131 g/mol. The number of nitrogens with zero attached hydrogens (tertiary/aromatic N) is 1. The molecule has 0 aromatic heterocycles. The molecule has 0 saturated carbocycles. The fourth-order valence-corrected chi connectivity index (χ4v) is 0.890. The molecule has 1 atom stereocenters. The van der Waals surface area contributed by atoms with Gasteiger partial charge in [0, 0.05) is 18.0 Å². The van der Waals surface area contributed by atoms with Crippen LogP contribution < -0.4 is 0 Å². The van der Waals surface area contributed by atoms with E-state index in [0.717, 1.165) is 6.42 Å².